The zero-order valence-electron chi connectivity index (χ0n) is 11.7. The molecular weight excluding hydrogens is 234 g/mol. The molecule has 2 aromatic rings. The normalized spacial score (nSPS) is 19.5. The highest BCUT2D eigenvalue weighted by Gasteiger charge is 2.23. The van der Waals surface area contributed by atoms with Crippen molar-refractivity contribution in [3.8, 4) is 0 Å². The van der Waals surface area contributed by atoms with E-state index in [4.69, 9.17) is 10.2 Å². The molecular formula is C17H23NO. The van der Waals surface area contributed by atoms with Crippen LogP contribution in [0.4, 0.5) is 0 Å². The second-order valence-electron chi connectivity index (χ2n) is 5.92. The van der Waals surface area contributed by atoms with Crippen LogP contribution >= 0.6 is 0 Å². The van der Waals surface area contributed by atoms with Crippen LogP contribution in [0, 0.1) is 12.8 Å². The van der Waals surface area contributed by atoms with E-state index >= 15 is 0 Å². The summed E-state index contributed by atoms with van der Waals surface area (Å²) >= 11 is 0. The van der Waals surface area contributed by atoms with Crippen molar-refractivity contribution in [2.75, 3.05) is 0 Å². The van der Waals surface area contributed by atoms with Gasteiger partial charge in [-0.25, -0.2) is 0 Å². The first-order valence-corrected chi connectivity index (χ1v) is 7.50. The molecule has 1 atom stereocenters. The Bertz CT molecular complexity index is 549. The van der Waals surface area contributed by atoms with Gasteiger partial charge in [0.2, 0.25) is 0 Å². The number of benzene rings is 1. The van der Waals surface area contributed by atoms with E-state index in [1.165, 1.54) is 49.5 Å². The van der Waals surface area contributed by atoms with Crippen molar-refractivity contribution >= 4 is 11.0 Å². The van der Waals surface area contributed by atoms with Gasteiger partial charge >= 0.3 is 0 Å². The molecule has 102 valence electrons. The molecule has 0 spiro atoms. The van der Waals surface area contributed by atoms with Crippen molar-refractivity contribution in [2.45, 2.75) is 51.5 Å². The summed E-state index contributed by atoms with van der Waals surface area (Å²) in [6.07, 6.45) is 7.86. The van der Waals surface area contributed by atoms with E-state index in [0.717, 1.165) is 11.3 Å². The highest BCUT2D eigenvalue weighted by molar-refractivity contribution is 5.81. The molecule has 0 amide bonds. The molecule has 1 fully saturated rings. The summed E-state index contributed by atoms with van der Waals surface area (Å²) in [5.74, 6) is 1.56. The van der Waals surface area contributed by atoms with Gasteiger partial charge in [-0.1, -0.05) is 43.9 Å². The van der Waals surface area contributed by atoms with Gasteiger partial charge < -0.3 is 10.2 Å². The van der Waals surface area contributed by atoms with E-state index in [1.54, 1.807) is 0 Å². The van der Waals surface area contributed by atoms with Crippen LogP contribution in [0.25, 0.3) is 11.0 Å². The van der Waals surface area contributed by atoms with Crippen molar-refractivity contribution in [1.29, 1.82) is 0 Å². The number of aryl methyl sites for hydroxylation is 1. The van der Waals surface area contributed by atoms with Crippen molar-refractivity contribution < 1.29 is 4.42 Å². The lowest BCUT2D eigenvalue weighted by Gasteiger charge is -2.20. The molecule has 1 saturated carbocycles. The lowest BCUT2D eigenvalue weighted by atomic mass is 9.91. The Kier molecular flexibility index (Phi) is 3.61. The van der Waals surface area contributed by atoms with E-state index < -0.39 is 0 Å². The number of rotatable bonds is 2. The van der Waals surface area contributed by atoms with Gasteiger partial charge in [0.1, 0.15) is 11.3 Å². The van der Waals surface area contributed by atoms with Crippen molar-refractivity contribution in [1.82, 2.24) is 0 Å². The maximum Gasteiger partial charge on any atom is 0.137 e. The van der Waals surface area contributed by atoms with Gasteiger partial charge in [-0.2, -0.15) is 0 Å². The lowest BCUT2D eigenvalue weighted by Crippen LogP contribution is -2.20. The zero-order chi connectivity index (χ0) is 13.2. The first kappa shape index (κ1) is 12.7. The van der Waals surface area contributed by atoms with Gasteiger partial charge in [0.25, 0.3) is 0 Å². The standard InChI is InChI=1S/C17H23NO/c1-12-7-6-10-14-11-15(19-17(12)14)16(18)13-8-4-2-3-5-9-13/h6-7,10-11,13,16H,2-5,8-9,18H2,1H3. The average molecular weight is 257 g/mol. The first-order valence-electron chi connectivity index (χ1n) is 7.50. The summed E-state index contributed by atoms with van der Waals surface area (Å²) < 4.78 is 6.03. The highest BCUT2D eigenvalue weighted by atomic mass is 16.3. The van der Waals surface area contributed by atoms with Crippen LogP contribution in [0.2, 0.25) is 0 Å². The topological polar surface area (TPSA) is 39.2 Å². The smallest absolute Gasteiger partial charge is 0.137 e. The Morgan fingerprint density at radius 1 is 1.16 bits per heavy atom. The predicted molar refractivity (Wildman–Crippen MR) is 79.1 cm³/mol. The number of nitrogens with two attached hydrogens (primary N) is 1. The molecule has 2 N–H and O–H groups in total. The maximum atomic E-state index is 6.46. The minimum absolute atomic E-state index is 0.0601. The van der Waals surface area contributed by atoms with Crippen LogP contribution in [-0.4, -0.2) is 0 Å². The molecule has 0 radical (unpaired) electrons. The largest absolute Gasteiger partial charge is 0.459 e. The van der Waals surface area contributed by atoms with E-state index in [1.807, 2.05) is 0 Å². The Hall–Kier alpha value is -1.28. The molecule has 1 aromatic heterocycles. The van der Waals surface area contributed by atoms with Crippen molar-refractivity contribution in [3.05, 3.63) is 35.6 Å². The molecule has 1 heterocycles. The molecule has 0 aliphatic heterocycles. The molecule has 1 aromatic carbocycles. The minimum atomic E-state index is 0.0601. The Morgan fingerprint density at radius 3 is 2.58 bits per heavy atom. The fraction of sp³-hybridized carbons (Fsp3) is 0.529. The van der Waals surface area contributed by atoms with Crippen LogP contribution in [0.1, 0.15) is 55.9 Å². The molecule has 0 bridgehead atoms. The summed E-state index contributed by atoms with van der Waals surface area (Å²) in [6, 6.07) is 8.47. The summed E-state index contributed by atoms with van der Waals surface area (Å²) in [6.45, 7) is 2.09. The number of fused-ring (bicyclic) bond motifs is 1. The first-order chi connectivity index (χ1) is 9.25. The number of para-hydroxylation sites is 1. The molecule has 1 aliphatic rings. The third kappa shape index (κ3) is 2.55. The average Bonchev–Trinajstić information content (AvgIpc) is 2.67. The van der Waals surface area contributed by atoms with Crippen molar-refractivity contribution in [3.63, 3.8) is 0 Å². The zero-order valence-corrected chi connectivity index (χ0v) is 11.7. The second-order valence-corrected chi connectivity index (χ2v) is 5.92. The summed E-state index contributed by atoms with van der Waals surface area (Å²) in [5.41, 5.74) is 8.65. The number of furan rings is 1. The Balaban J connectivity index is 1.88. The molecule has 0 saturated heterocycles. The molecule has 19 heavy (non-hydrogen) atoms. The van der Waals surface area contributed by atoms with Gasteiger partial charge in [0, 0.05) is 5.39 Å². The van der Waals surface area contributed by atoms with E-state index in [0.29, 0.717) is 5.92 Å². The van der Waals surface area contributed by atoms with Crippen molar-refractivity contribution in [2.24, 2.45) is 11.7 Å². The lowest BCUT2D eigenvalue weighted by molar-refractivity contribution is 0.339. The molecule has 1 unspecified atom stereocenters. The van der Waals surface area contributed by atoms with E-state index in [9.17, 15) is 0 Å². The van der Waals surface area contributed by atoms with Crippen LogP contribution in [0.15, 0.2) is 28.7 Å². The van der Waals surface area contributed by atoms with Gasteiger partial charge in [0.05, 0.1) is 6.04 Å². The van der Waals surface area contributed by atoms with E-state index in [-0.39, 0.29) is 6.04 Å². The maximum absolute atomic E-state index is 6.46. The number of hydrogen-bond acceptors (Lipinski definition) is 2. The quantitative estimate of drug-likeness (QED) is 0.791. The molecule has 2 nitrogen and oxygen atoms in total. The Morgan fingerprint density at radius 2 is 1.89 bits per heavy atom. The fourth-order valence-corrected chi connectivity index (χ4v) is 3.30. The van der Waals surface area contributed by atoms with E-state index in [2.05, 4.69) is 31.2 Å². The summed E-state index contributed by atoms with van der Waals surface area (Å²) in [5, 5.41) is 1.18. The van der Waals surface area contributed by atoms with Gasteiger partial charge in [-0.15, -0.1) is 0 Å². The van der Waals surface area contributed by atoms with Crippen LogP contribution < -0.4 is 5.73 Å². The number of hydrogen-bond donors (Lipinski definition) is 1. The molecule has 3 rings (SSSR count). The molecule has 2 heteroatoms. The van der Waals surface area contributed by atoms with Gasteiger partial charge in [-0.3, -0.25) is 0 Å². The van der Waals surface area contributed by atoms with Gasteiger partial charge in [0.15, 0.2) is 0 Å². The summed E-state index contributed by atoms with van der Waals surface area (Å²) in [7, 11) is 0. The highest BCUT2D eigenvalue weighted by Crippen LogP contribution is 2.34. The third-order valence-corrected chi connectivity index (χ3v) is 4.50. The van der Waals surface area contributed by atoms with Crippen LogP contribution in [-0.2, 0) is 0 Å². The Labute approximate surface area is 115 Å². The predicted octanol–water partition coefficient (Wildman–Crippen LogP) is 4.71. The summed E-state index contributed by atoms with van der Waals surface area (Å²) in [4.78, 5) is 0. The van der Waals surface area contributed by atoms with Gasteiger partial charge in [-0.05, 0) is 37.3 Å². The third-order valence-electron chi connectivity index (χ3n) is 4.50. The monoisotopic (exact) mass is 257 g/mol. The SMILES string of the molecule is Cc1cccc2cc(C(N)C3CCCCCC3)oc12. The molecule has 1 aliphatic carbocycles. The minimum Gasteiger partial charge on any atom is -0.459 e. The van der Waals surface area contributed by atoms with Crippen LogP contribution in [0.5, 0.6) is 0 Å². The second kappa shape index (κ2) is 5.38. The van der Waals surface area contributed by atoms with Crippen LogP contribution in [0.3, 0.4) is 0 Å². The fourth-order valence-electron chi connectivity index (χ4n) is 3.30.